The van der Waals surface area contributed by atoms with Crippen molar-refractivity contribution in [2.24, 2.45) is 0 Å². The summed E-state index contributed by atoms with van der Waals surface area (Å²) in [6, 6.07) is 12.4. The van der Waals surface area contributed by atoms with E-state index in [1.54, 1.807) is 31.2 Å². The minimum absolute atomic E-state index is 0.0171. The molecule has 1 atom stereocenters. The SMILES string of the molecule is COc1cc(/C(O)=C2\C(=O)C(=O)N(c3cccc(C(F)(F)F)c3)C2c2cccc(C)c2)c(OC)cc1Cl. The summed E-state index contributed by atoms with van der Waals surface area (Å²) < 4.78 is 50.9. The molecule has 1 N–H and O–H groups in total. The second-order valence-electron chi connectivity index (χ2n) is 8.32. The number of aliphatic hydroxyl groups excluding tert-OH is 1. The van der Waals surface area contributed by atoms with Gasteiger partial charge in [-0.2, -0.15) is 13.2 Å². The molecule has 1 heterocycles. The Kier molecular flexibility index (Phi) is 6.92. The summed E-state index contributed by atoms with van der Waals surface area (Å²) in [5.41, 5.74) is -0.253. The molecule has 6 nitrogen and oxygen atoms in total. The van der Waals surface area contributed by atoms with Gasteiger partial charge in [0.05, 0.1) is 42.0 Å². The van der Waals surface area contributed by atoms with Crippen molar-refractivity contribution >= 4 is 34.7 Å². The number of hydrogen-bond acceptors (Lipinski definition) is 5. The first-order chi connectivity index (χ1) is 17.5. The fourth-order valence-corrected chi connectivity index (χ4v) is 4.51. The van der Waals surface area contributed by atoms with Gasteiger partial charge < -0.3 is 14.6 Å². The van der Waals surface area contributed by atoms with Crippen LogP contribution in [0.5, 0.6) is 11.5 Å². The van der Waals surface area contributed by atoms with Crippen LogP contribution in [0.1, 0.15) is 28.3 Å². The number of rotatable bonds is 5. The van der Waals surface area contributed by atoms with E-state index in [-0.39, 0.29) is 33.3 Å². The number of Topliss-reactive ketones (excluding diaryl/α,β-unsaturated/α-hetero) is 1. The average molecular weight is 532 g/mol. The van der Waals surface area contributed by atoms with E-state index in [0.717, 1.165) is 28.7 Å². The Hall–Kier alpha value is -3.98. The summed E-state index contributed by atoms with van der Waals surface area (Å²) in [6.45, 7) is 1.78. The van der Waals surface area contributed by atoms with E-state index >= 15 is 0 Å². The van der Waals surface area contributed by atoms with Crippen LogP contribution in [0.4, 0.5) is 18.9 Å². The Balaban J connectivity index is 2.01. The normalized spacial score (nSPS) is 17.3. The molecule has 10 heteroatoms. The minimum Gasteiger partial charge on any atom is -0.507 e. The zero-order chi connectivity index (χ0) is 27.1. The standard InChI is InChI=1S/C27H21ClF3NO5/c1-14-6-4-7-15(10-14)23-22(24(33)18-12-21(37-3)19(28)13-20(18)36-2)25(34)26(35)32(23)17-9-5-8-16(11-17)27(29,30)31/h4-13,23,33H,1-3H3/b24-22+. The molecule has 0 bridgehead atoms. The average Bonchev–Trinajstić information content (AvgIpc) is 3.13. The number of halogens is 4. The molecular formula is C27H21ClF3NO5. The highest BCUT2D eigenvalue weighted by atomic mass is 35.5. The van der Waals surface area contributed by atoms with Gasteiger partial charge in [-0.1, -0.05) is 47.5 Å². The molecule has 0 radical (unpaired) electrons. The van der Waals surface area contributed by atoms with E-state index in [4.69, 9.17) is 21.1 Å². The van der Waals surface area contributed by atoms with Gasteiger partial charge in [0.15, 0.2) is 0 Å². The van der Waals surface area contributed by atoms with Crippen molar-refractivity contribution in [2.45, 2.75) is 19.1 Å². The molecule has 1 aliphatic rings. The van der Waals surface area contributed by atoms with Crippen LogP contribution in [0.2, 0.25) is 5.02 Å². The van der Waals surface area contributed by atoms with Gasteiger partial charge in [0.25, 0.3) is 11.7 Å². The first-order valence-electron chi connectivity index (χ1n) is 10.9. The molecule has 192 valence electrons. The predicted octanol–water partition coefficient (Wildman–Crippen LogP) is 6.31. The van der Waals surface area contributed by atoms with E-state index < -0.39 is 35.2 Å². The highest BCUT2D eigenvalue weighted by molar-refractivity contribution is 6.51. The smallest absolute Gasteiger partial charge is 0.416 e. The highest BCUT2D eigenvalue weighted by Gasteiger charge is 2.47. The van der Waals surface area contributed by atoms with E-state index in [2.05, 4.69) is 0 Å². The van der Waals surface area contributed by atoms with Crippen LogP contribution in [0.15, 0.2) is 66.2 Å². The van der Waals surface area contributed by atoms with E-state index in [0.29, 0.717) is 5.56 Å². The number of nitrogens with zero attached hydrogens (tertiary/aromatic N) is 1. The highest BCUT2D eigenvalue weighted by Crippen LogP contribution is 2.45. The lowest BCUT2D eigenvalue weighted by Gasteiger charge is -2.26. The molecule has 0 spiro atoms. The van der Waals surface area contributed by atoms with Gasteiger partial charge in [-0.15, -0.1) is 0 Å². The Morgan fingerprint density at radius 1 is 0.973 bits per heavy atom. The monoisotopic (exact) mass is 531 g/mol. The number of hydrogen-bond donors (Lipinski definition) is 1. The maximum Gasteiger partial charge on any atom is 0.416 e. The maximum absolute atomic E-state index is 13.5. The van der Waals surface area contributed by atoms with Gasteiger partial charge in [0, 0.05) is 11.8 Å². The molecule has 1 aliphatic heterocycles. The van der Waals surface area contributed by atoms with Crippen molar-refractivity contribution in [1.82, 2.24) is 0 Å². The quantitative estimate of drug-likeness (QED) is 0.237. The number of ketones is 1. The second kappa shape index (κ2) is 9.82. The summed E-state index contributed by atoms with van der Waals surface area (Å²) in [5.74, 6) is -2.49. The molecule has 0 aromatic heterocycles. The summed E-state index contributed by atoms with van der Waals surface area (Å²) in [7, 11) is 2.69. The van der Waals surface area contributed by atoms with Crippen LogP contribution in [-0.4, -0.2) is 31.0 Å². The number of anilines is 1. The second-order valence-corrected chi connectivity index (χ2v) is 8.73. The zero-order valence-electron chi connectivity index (χ0n) is 19.9. The van der Waals surface area contributed by atoms with Gasteiger partial charge >= 0.3 is 6.18 Å². The largest absolute Gasteiger partial charge is 0.507 e. The lowest BCUT2D eigenvalue weighted by Crippen LogP contribution is -2.29. The van der Waals surface area contributed by atoms with Crippen LogP contribution in [0.25, 0.3) is 5.76 Å². The molecule has 0 saturated carbocycles. The Morgan fingerprint density at radius 2 is 1.65 bits per heavy atom. The molecule has 0 aliphatic carbocycles. The third-order valence-corrected chi connectivity index (χ3v) is 6.28. The lowest BCUT2D eigenvalue weighted by atomic mass is 9.94. The van der Waals surface area contributed by atoms with Crippen molar-refractivity contribution in [3.05, 3.63) is 93.5 Å². The zero-order valence-corrected chi connectivity index (χ0v) is 20.6. The number of ether oxygens (including phenoxy) is 2. The van der Waals surface area contributed by atoms with Crippen LogP contribution in [-0.2, 0) is 15.8 Å². The maximum atomic E-state index is 13.5. The molecule has 3 aromatic rings. The molecule has 3 aromatic carbocycles. The van der Waals surface area contributed by atoms with Crippen molar-refractivity contribution in [3.63, 3.8) is 0 Å². The minimum atomic E-state index is -4.67. The number of alkyl halides is 3. The lowest BCUT2D eigenvalue weighted by molar-refractivity contribution is -0.137. The number of aliphatic hydroxyl groups is 1. The van der Waals surface area contributed by atoms with Crippen LogP contribution in [0, 0.1) is 6.92 Å². The molecule has 1 amide bonds. The number of amides is 1. The molecular weight excluding hydrogens is 511 g/mol. The molecule has 1 unspecified atom stereocenters. The van der Waals surface area contributed by atoms with Crippen LogP contribution < -0.4 is 14.4 Å². The van der Waals surface area contributed by atoms with Gasteiger partial charge in [0.2, 0.25) is 0 Å². The van der Waals surface area contributed by atoms with Gasteiger partial charge in [-0.05, 0) is 36.8 Å². The Morgan fingerprint density at radius 3 is 2.27 bits per heavy atom. The first-order valence-corrected chi connectivity index (χ1v) is 11.3. The van der Waals surface area contributed by atoms with Crippen molar-refractivity contribution < 1.29 is 37.3 Å². The number of carbonyl (C=O) groups is 2. The number of methoxy groups -OCH3 is 2. The topological polar surface area (TPSA) is 76.1 Å². The third kappa shape index (κ3) is 4.74. The fourth-order valence-electron chi connectivity index (χ4n) is 4.28. The van der Waals surface area contributed by atoms with Gasteiger partial charge in [-0.3, -0.25) is 14.5 Å². The van der Waals surface area contributed by atoms with E-state index in [1.165, 1.54) is 32.4 Å². The van der Waals surface area contributed by atoms with Crippen molar-refractivity contribution in [2.75, 3.05) is 19.1 Å². The van der Waals surface area contributed by atoms with Gasteiger partial charge in [0.1, 0.15) is 17.3 Å². The van der Waals surface area contributed by atoms with E-state index in [9.17, 15) is 27.9 Å². The number of benzene rings is 3. The molecule has 1 fully saturated rings. The summed E-state index contributed by atoms with van der Waals surface area (Å²) in [5, 5.41) is 11.6. The summed E-state index contributed by atoms with van der Waals surface area (Å²) >= 11 is 6.17. The van der Waals surface area contributed by atoms with Gasteiger partial charge in [-0.25, -0.2) is 0 Å². The first kappa shape index (κ1) is 26.1. The fraction of sp³-hybridized carbons (Fsp3) is 0.185. The van der Waals surface area contributed by atoms with Crippen molar-refractivity contribution in [3.8, 4) is 11.5 Å². The van der Waals surface area contributed by atoms with Crippen LogP contribution >= 0.6 is 11.6 Å². The molecule has 37 heavy (non-hydrogen) atoms. The number of aryl methyl sites for hydroxylation is 1. The Labute approximate surface area is 215 Å². The van der Waals surface area contributed by atoms with Crippen LogP contribution in [0.3, 0.4) is 0 Å². The molecule has 1 saturated heterocycles. The number of carbonyl (C=O) groups excluding carboxylic acids is 2. The molecule has 4 rings (SSSR count). The summed E-state index contributed by atoms with van der Waals surface area (Å²) in [4.78, 5) is 27.6. The van der Waals surface area contributed by atoms with E-state index in [1.807, 2.05) is 0 Å². The summed E-state index contributed by atoms with van der Waals surface area (Å²) in [6.07, 6.45) is -4.67. The predicted molar refractivity (Wildman–Crippen MR) is 132 cm³/mol. The van der Waals surface area contributed by atoms with Crippen molar-refractivity contribution in [1.29, 1.82) is 0 Å². The third-order valence-electron chi connectivity index (χ3n) is 5.98. The Bertz CT molecular complexity index is 1430.